The van der Waals surface area contributed by atoms with Crippen LogP contribution in [0.5, 0.6) is 0 Å². The molecule has 0 bridgehead atoms. The molecule has 1 aromatic carbocycles. The molecule has 0 heterocycles. The van der Waals surface area contributed by atoms with E-state index in [9.17, 15) is 9.00 Å². The highest BCUT2D eigenvalue weighted by molar-refractivity contribution is 7.85. The Morgan fingerprint density at radius 2 is 2.11 bits per heavy atom. The molecule has 6 heteroatoms. The van der Waals surface area contributed by atoms with Crippen molar-refractivity contribution in [2.75, 3.05) is 6.54 Å². The molecular formula is C13H17Cl2NO2S. The van der Waals surface area contributed by atoms with E-state index in [1.54, 1.807) is 25.1 Å². The van der Waals surface area contributed by atoms with Crippen LogP contribution in [0, 0.1) is 0 Å². The van der Waals surface area contributed by atoms with Crippen molar-refractivity contribution in [1.82, 2.24) is 5.32 Å². The topological polar surface area (TPSA) is 46.2 Å². The third-order valence-corrected chi connectivity index (χ3v) is 4.81. The van der Waals surface area contributed by atoms with Gasteiger partial charge >= 0.3 is 0 Å². The van der Waals surface area contributed by atoms with Crippen LogP contribution in [0.3, 0.4) is 0 Å². The second-order valence-electron chi connectivity index (χ2n) is 4.19. The molecular weight excluding hydrogens is 305 g/mol. The number of hydrogen-bond acceptors (Lipinski definition) is 2. The quantitative estimate of drug-likeness (QED) is 0.874. The minimum atomic E-state index is -1.31. The predicted molar refractivity (Wildman–Crippen MR) is 81.1 cm³/mol. The fourth-order valence-corrected chi connectivity index (χ4v) is 3.11. The van der Waals surface area contributed by atoms with Gasteiger partial charge in [-0.15, -0.1) is 0 Å². The molecule has 3 nitrogen and oxygen atoms in total. The van der Waals surface area contributed by atoms with Gasteiger partial charge < -0.3 is 5.32 Å². The van der Waals surface area contributed by atoms with Gasteiger partial charge in [-0.1, -0.05) is 36.2 Å². The third kappa shape index (κ3) is 5.13. The zero-order chi connectivity index (χ0) is 14.4. The lowest BCUT2D eigenvalue weighted by Gasteiger charge is -2.12. The summed E-state index contributed by atoms with van der Waals surface area (Å²) in [7, 11) is -1.31. The first-order chi connectivity index (χ1) is 8.95. The van der Waals surface area contributed by atoms with Crippen LogP contribution in [0.2, 0.25) is 10.0 Å². The van der Waals surface area contributed by atoms with E-state index < -0.39 is 16.0 Å². The molecule has 19 heavy (non-hydrogen) atoms. The molecule has 0 aliphatic heterocycles. The van der Waals surface area contributed by atoms with Gasteiger partial charge in [0.25, 0.3) is 0 Å². The number of hydrogen-bond donors (Lipinski definition) is 1. The van der Waals surface area contributed by atoms with E-state index in [2.05, 4.69) is 5.32 Å². The van der Waals surface area contributed by atoms with Gasteiger partial charge in [0.2, 0.25) is 5.91 Å². The molecule has 0 spiro atoms. The predicted octanol–water partition coefficient (Wildman–Crippen LogP) is 3.16. The number of nitrogens with one attached hydrogen (secondary N) is 1. The zero-order valence-electron chi connectivity index (χ0n) is 10.9. The summed E-state index contributed by atoms with van der Waals surface area (Å²) >= 11 is 11.8. The summed E-state index contributed by atoms with van der Waals surface area (Å²) in [6.45, 7) is 4.22. The average Bonchev–Trinajstić information content (AvgIpc) is 2.38. The lowest BCUT2D eigenvalue weighted by molar-refractivity contribution is -0.120. The molecule has 1 rings (SSSR count). The minimum absolute atomic E-state index is 0.190. The molecule has 0 aliphatic carbocycles. The van der Waals surface area contributed by atoms with Gasteiger partial charge in [0.15, 0.2) is 0 Å². The number of carbonyl (C=O) groups excluding carboxylic acids is 1. The summed E-state index contributed by atoms with van der Waals surface area (Å²) in [4.78, 5) is 11.7. The first-order valence-electron chi connectivity index (χ1n) is 6.04. The SMILES string of the molecule is CCCNC(=O)[C@@H](C)[S@](=O)Cc1ccc(Cl)cc1Cl. The van der Waals surface area contributed by atoms with E-state index in [0.717, 1.165) is 12.0 Å². The largest absolute Gasteiger partial charge is 0.355 e. The lowest BCUT2D eigenvalue weighted by Crippen LogP contribution is -2.36. The molecule has 2 atom stereocenters. The van der Waals surface area contributed by atoms with Crippen molar-refractivity contribution in [3.05, 3.63) is 33.8 Å². The molecule has 1 amide bonds. The normalized spacial score (nSPS) is 13.9. The molecule has 106 valence electrons. The Labute approximate surface area is 126 Å². The number of benzene rings is 1. The van der Waals surface area contributed by atoms with Crippen molar-refractivity contribution in [2.24, 2.45) is 0 Å². The summed E-state index contributed by atoms with van der Waals surface area (Å²) in [6.07, 6.45) is 0.855. The van der Waals surface area contributed by atoms with Gasteiger partial charge in [0, 0.05) is 27.4 Å². The summed E-state index contributed by atoms with van der Waals surface area (Å²) in [5.74, 6) is 0.0572. The molecule has 1 N–H and O–H groups in total. The van der Waals surface area contributed by atoms with E-state index in [4.69, 9.17) is 23.2 Å². The van der Waals surface area contributed by atoms with E-state index in [0.29, 0.717) is 16.6 Å². The Balaban J connectivity index is 2.66. The second kappa shape index (κ2) is 7.88. The van der Waals surface area contributed by atoms with Gasteiger partial charge in [-0.2, -0.15) is 0 Å². The number of rotatable bonds is 6. The van der Waals surface area contributed by atoms with E-state index in [1.807, 2.05) is 6.92 Å². The van der Waals surface area contributed by atoms with Gasteiger partial charge in [-0.05, 0) is 31.0 Å². The molecule has 0 aromatic heterocycles. The molecule has 0 aliphatic rings. The fraction of sp³-hybridized carbons (Fsp3) is 0.462. The average molecular weight is 322 g/mol. The Hall–Kier alpha value is -0.580. The first-order valence-corrected chi connectivity index (χ1v) is 8.18. The number of halogens is 2. The van der Waals surface area contributed by atoms with Gasteiger partial charge in [-0.25, -0.2) is 0 Å². The van der Waals surface area contributed by atoms with Crippen LogP contribution in [-0.2, 0) is 21.3 Å². The smallest absolute Gasteiger partial charge is 0.235 e. The van der Waals surface area contributed by atoms with E-state index in [-0.39, 0.29) is 11.7 Å². The van der Waals surface area contributed by atoms with Crippen molar-refractivity contribution in [1.29, 1.82) is 0 Å². The maximum atomic E-state index is 12.1. The summed E-state index contributed by atoms with van der Waals surface area (Å²) in [5.41, 5.74) is 0.736. The number of amides is 1. The molecule has 0 saturated heterocycles. The molecule has 1 aromatic rings. The second-order valence-corrected chi connectivity index (χ2v) is 6.79. The molecule has 0 radical (unpaired) electrons. The van der Waals surface area contributed by atoms with Crippen LogP contribution >= 0.6 is 23.2 Å². The van der Waals surface area contributed by atoms with Crippen molar-refractivity contribution < 1.29 is 9.00 Å². The fourth-order valence-electron chi connectivity index (χ4n) is 1.43. The van der Waals surface area contributed by atoms with Crippen LogP contribution in [0.25, 0.3) is 0 Å². The van der Waals surface area contributed by atoms with Crippen LogP contribution < -0.4 is 5.32 Å². The highest BCUT2D eigenvalue weighted by Gasteiger charge is 2.20. The van der Waals surface area contributed by atoms with Crippen molar-refractivity contribution in [2.45, 2.75) is 31.3 Å². The van der Waals surface area contributed by atoms with Crippen LogP contribution in [-0.4, -0.2) is 21.9 Å². The van der Waals surface area contributed by atoms with Crippen molar-refractivity contribution in [3.8, 4) is 0 Å². The highest BCUT2D eigenvalue weighted by Crippen LogP contribution is 2.22. The first kappa shape index (κ1) is 16.5. The van der Waals surface area contributed by atoms with Crippen molar-refractivity contribution >= 4 is 39.9 Å². The minimum Gasteiger partial charge on any atom is -0.355 e. The monoisotopic (exact) mass is 321 g/mol. The van der Waals surface area contributed by atoms with Gasteiger partial charge in [0.05, 0.1) is 5.75 Å². The Morgan fingerprint density at radius 1 is 1.42 bits per heavy atom. The maximum absolute atomic E-state index is 12.1. The summed E-state index contributed by atoms with van der Waals surface area (Å²) < 4.78 is 12.1. The molecule has 0 unspecified atom stereocenters. The van der Waals surface area contributed by atoms with Gasteiger partial charge in [-0.3, -0.25) is 9.00 Å². The van der Waals surface area contributed by atoms with Crippen LogP contribution in [0.1, 0.15) is 25.8 Å². The van der Waals surface area contributed by atoms with Gasteiger partial charge in [0.1, 0.15) is 5.25 Å². The number of carbonyl (C=O) groups is 1. The van der Waals surface area contributed by atoms with Crippen LogP contribution in [0.4, 0.5) is 0 Å². The third-order valence-electron chi connectivity index (χ3n) is 2.63. The standard InChI is InChI=1S/C13H17Cl2NO2S/c1-3-6-16-13(17)9(2)19(18)8-10-4-5-11(14)7-12(10)15/h4-5,7,9H,3,6,8H2,1-2H3,(H,16,17)/t9-,19-/m1/s1. The van der Waals surface area contributed by atoms with E-state index in [1.165, 1.54) is 0 Å². The molecule has 0 fully saturated rings. The highest BCUT2D eigenvalue weighted by atomic mass is 35.5. The maximum Gasteiger partial charge on any atom is 0.235 e. The van der Waals surface area contributed by atoms with Crippen LogP contribution in [0.15, 0.2) is 18.2 Å². The Bertz CT molecular complexity index is 480. The summed E-state index contributed by atoms with van der Waals surface area (Å²) in [6, 6.07) is 5.04. The van der Waals surface area contributed by atoms with E-state index >= 15 is 0 Å². The lowest BCUT2D eigenvalue weighted by atomic mass is 10.2. The van der Waals surface area contributed by atoms with Crippen molar-refractivity contribution in [3.63, 3.8) is 0 Å². The Kier molecular flexibility index (Phi) is 6.83. The Morgan fingerprint density at radius 3 is 2.68 bits per heavy atom. The zero-order valence-corrected chi connectivity index (χ0v) is 13.2. The summed E-state index contributed by atoms with van der Waals surface area (Å²) in [5, 5.41) is 3.19. The molecule has 0 saturated carbocycles.